The van der Waals surface area contributed by atoms with E-state index in [0.717, 1.165) is 4.90 Å². The molecule has 0 aromatic carbocycles. The van der Waals surface area contributed by atoms with Gasteiger partial charge in [-0.25, -0.2) is 9.78 Å². The van der Waals surface area contributed by atoms with Gasteiger partial charge in [0.25, 0.3) is 0 Å². The molecule has 0 unspecified atom stereocenters. The molecular weight excluding hydrogens is 288 g/mol. The number of aromatic carboxylic acids is 1. The summed E-state index contributed by atoms with van der Waals surface area (Å²) in [6, 6.07) is 5.00. The van der Waals surface area contributed by atoms with Crippen molar-refractivity contribution in [1.82, 2.24) is 15.2 Å². The minimum atomic E-state index is -1.19. The van der Waals surface area contributed by atoms with Crippen molar-refractivity contribution in [2.24, 2.45) is 0 Å². The topological polar surface area (TPSA) is 88.0 Å². The third-order valence-electron chi connectivity index (χ3n) is 2.20. The maximum Gasteiger partial charge on any atom is 0.358 e. The number of hydrogen-bond donors (Lipinski definition) is 2. The van der Waals surface area contributed by atoms with Gasteiger partial charge < -0.3 is 10.4 Å². The van der Waals surface area contributed by atoms with E-state index in [1.165, 1.54) is 6.07 Å². The van der Waals surface area contributed by atoms with E-state index in [-0.39, 0.29) is 16.5 Å². The largest absolute Gasteiger partial charge is 0.476 e. The van der Waals surface area contributed by atoms with Crippen molar-refractivity contribution in [1.29, 1.82) is 0 Å². The fourth-order valence-electron chi connectivity index (χ4n) is 1.33. The molecule has 2 aromatic rings. The molecule has 2 rings (SSSR count). The highest BCUT2D eigenvalue weighted by Crippen LogP contribution is 2.22. The fraction of sp³-hybridized carbons (Fsp3) is 0.0909. The zero-order chi connectivity index (χ0) is 13.8. The van der Waals surface area contributed by atoms with Gasteiger partial charge in [-0.2, -0.15) is 0 Å². The van der Waals surface area contributed by atoms with Crippen molar-refractivity contribution in [3.63, 3.8) is 0 Å². The van der Waals surface area contributed by atoms with Crippen LogP contribution in [0, 0.1) is 0 Å². The number of pyridine rings is 1. The lowest BCUT2D eigenvalue weighted by atomic mass is 10.3. The molecule has 0 saturated heterocycles. The van der Waals surface area contributed by atoms with Crippen molar-refractivity contribution in [3.8, 4) is 0 Å². The Balaban J connectivity index is 2.31. The van der Waals surface area contributed by atoms with Crippen molar-refractivity contribution >= 4 is 40.8 Å². The third kappa shape index (κ3) is 3.33. The van der Waals surface area contributed by atoms with Crippen LogP contribution in [-0.2, 0) is 0 Å². The Morgan fingerprint density at radius 2 is 2.21 bits per heavy atom. The number of aromatic nitrogens is 3. The molecule has 0 aliphatic carbocycles. The van der Waals surface area contributed by atoms with Gasteiger partial charge in [0.15, 0.2) is 10.8 Å². The van der Waals surface area contributed by atoms with E-state index in [1.54, 1.807) is 24.0 Å². The van der Waals surface area contributed by atoms with Crippen LogP contribution in [0.1, 0.15) is 10.5 Å². The number of carbonyl (C=O) groups is 1. The van der Waals surface area contributed by atoms with Crippen molar-refractivity contribution in [2.75, 3.05) is 11.6 Å². The number of hydrogen-bond acceptors (Lipinski definition) is 6. The fourth-order valence-corrected chi connectivity index (χ4v) is 1.84. The molecule has 2 aromatic heterocycles. The van der Waals surface area contributed by atoms with Crippen LogP contribution in [0.4, 0.5) is 11.5 Å². The van der Waals surface area contributed by atoms with Gasteiger partial charge in [-0.05, 0) is 18.4 Å². The SMILES string of the molecule is CSc1ccc(Nc2cc(Cl)nnc2C(=O)O)nc1. The van der Waals surface area contributed by atoms with Crippen LogP contribution >= 0.6 is 23.4 Å². The van der Waals surface area contributed by atoms with Gasteiger partial charge in [-0.1, -0.05) is 11.6 Å². The van der Waals surface area contributed by atoms with Gasteiger partial charge in [0.2, 0.25) is 0 Å². The van der Waals surface area contributed by atoms with Crippen LogP contribution in [0.15, 0.2) is 29.3 Å². The van der Waals surface area contributed by atoms with Crippen molar-refractivity contribution < 1.29 is 9.90 Å². The van der Waals surface area contributed by atoms with Gasteiger partial charge in [0.1, 0.15) is 5.82 Å². The molecular formula is C11H9ClN4O2S. The Kier molecular flexibility index (Phi) is 4.18. The lowest BCUT2D eigenvalue weighted by Gasteiger charge is -2.08. The number of rotatable bonds is 4. The molecule has 0 radical (unpaired) electrons. The first-order chi connectivity index (χ1) is 9.10. The molecule has 6 nitrogen and oxygen atoms in total. The predicted molar refractivity (Wildman–Crippen MR) is 73.3 cm³/mol. The van der Waals surface area contributed by atoms with Crippen LogP contribution in [-0.4, -0.2) is 32.5 Å². The summed E-state index contributed by atoms with van der Waals surface area (Å²) in [4.78, 5) is 16.2. The zero-order valence-corrected chi connectivity index (χ0v) is 11.4. The highest BCUT2D eigenvalue weighted by atomic mass is 35.5. The maximum absolute atomic E-state index is 11.0. The number of anilines is 2. The number of thioether (sulfide) groups is 1. The van der Waals surface area contributed by atoms with Gasteiger partial charge in [-0.15, -0.1) is 22.0 Å². The average Bonchev–Trinajstić information content (AvgIpc) is 2.39. The molecule has 0 bridgehead atoms. The molecule has 0 amide bonds. The summed E-state index contributed by atoms with van der Waals surface area (Å²) in [6.07, 6.45) is 3.63. The monoisotopic (exact) mass is 296 g/mol. The van der Waals surface area contributed by atoms with Crippen LogP contribution < -0.4 is 5.32 Å². The molecule has 19 heavy (non-hydrogen) atoms. The molecule has 0 aliphatic heterocycles. The number of carboxylic acid groups (broad SMARTS) is 1. The van der Waals surface area contributed by atoms with Crippen molar-refractivity contribution in [3.05, 3.63) is 35.2 Å². The molecule has 0 fully saturated rings. The molecule has 2 N–H and O–H groups in total. The first kappa shape index (κ1) is 13.6. The van der Waals surface area contributed by atoms with E-state index < -0.39 is 5.97 Å². The second kappa shape index (κ2) is 5.85. The molecule has 0 atom stereocenters. The van der Waals surface area contributed by atoms with E-state index in [9.17, 15) is 4.79 Å². The van der Waals surface area contributed by atoms with Crippen LogP contribution in [0.2, 0.25) is 5.15 Å². The lowest BCUT2D eigenvalue weighted by Crippen LogP contribution is -2.07. The smallest absolute Gasteiger partial charge is 0.358 e. The number of nitrogens with zero attached hydrogens (tertiary/aromatic N) is 3. The Hall–Kier alpha value is -1.86. The second-order valence-electron chi connectivity index (χ2n) is 3.44. The summed E-state index contributed by atoms with van der Waals surface area (Å²) in [5.74, 6) is -0.684. The van der Waals surface area contributed by atoms with E-state index in [4.69, 9.17) is 16.7 Å². The standard InChI is InChI=1S/C11H9ClN4O2S/c1-19-6-2-3-9(13-5-6)14-7-4-8(12)15-16-10(7)11(17)18/h2-5H,1H3,(H,17,18)(H,13,14,15). The molecule has 0 saturated carbocycles. The lowest BCUT2D eigenvalue weighted by molar-refractivity contribution is 0.0690. The summed E-state index contributed by atoms with van der Waals surface area (Å²) in [7, 11) is 0. The summed E-state index contributed by atoms with van der Waals surface area (Å²) in [5.41, 5.74) is 0.0389. The molecule has 98 valence electrons. The highest BCUT2D eigenvalue weighted by Gasteiger charge is 2.14. The third-order valence-corrected chi connectivity index (χ3v) is 3.10. The van der Waals surface area contributed by atoms with Crippen LogP contribution in [0.25, 0.3) is 0 Å². The minimum Gasteiger partial charge on any atom is -0.476 e. The molecule has 0 spiro atoms. The Bertz CT molecular complexity index is 606. The number of carboxylic acids is 1. The Morgan fingerprint density at radius 3 is 2.79 bits per heavy atom. The minimum absolute atomic E-state index is 0.105. The Morgan fingerprint density at radius 1 is 1.42 bits per heavy atom. The zero-order valence-electron chi connectivity index (χ0n) is 9.79. The molecule has 8 heteroatoms. The highest BCUT2D eigenvalue weighted by molar-refractivity contribution is 7.98. The summed E-state index contributed by atoms with van der Waals surface area (Å²) in [5, 5.41) is 19.0. The van der Waals surface area contributed by atoms with Crippen LogP contribution in [0.5, 0.6) is 0 Å². The maximum atomic E-state index is 11.0. The Labute approximate surface area is 118 Å². The summed E-state index contributed by atoms with van der Waals surface area (Å²) < 4.78 is 0. The quantitative estimate of drug-likeness (QED) is 0.839. The molecule has 0 aliphatic rings. The summed E-state index contributed by atoms with van der Waals surface area (Å²) in [6.45, 7) is 0. The van der Waals surface area contributed by atoms with E-state index >= 15 is 0 Å². The normalized spacial score (nSPS) is 10.2. The van der Waals surface area contributed by atoms with E-state index in [2.05, 4.69) is 20.5 Å². The van der Waals surface area contributed by atoms with Gasteiger partial charge in [0.05, 0.1) is 5.69 Å². The average molecular weight is 297 g/mol. The van der Waals surface area contributed by atoms with E-state index in [0.29, 0.717) is 5.82 Å². The predicted octanol–water partition coefficient (Wildman–Crippen LogP) is 2.69. The van der Waals surface area contributed by atoms with E-state index in [1.807, 2.05) is 12.3 Å². The van der Waals surface area contributed by atoms with Gasteiger partial charge in [0, 0.05) is 17.2 Å². The van der Waals surface area contributed by atoms with Gasteiger partial charge in [-0.3, -0.25) is 0 Å². The van der Waals surface area contributed by atoms with Crippen LogP contribution in [0.3, 0.4) is 0 Å². The molecule has 2 heterocycles. The summed E-state index contributed by atoms with van der Waals surface area (Å²) >= 11 is 7.27. The second-order valence-corrected chi connectivity index (χ2v) is 4.71. The number of nitrogens with one attached hydrogen (secondary N) is 1. The van der Waals surface area contributed by atoms with Gasteiger partial charge >= 0.3 is 5.97 Å². The first-order valence-corrected chi connectivity index (χ1v) is 6.74. The van der Waals surface area contributed by atoms with Crippen molar-refractivity contribution in [2.45, 2.75) is 4.90 Å². The number of halogens is 1. The first-order valence-electron chi connectivity index (χ1n) is 5.13.